The van der Waals surface area contributed by atoms with Gasteiger partial charge in [0.2, 0.25) is 0 Å². The van der Waals surface area contributed by atoms with E-state index < -0.39 is 0 Å². The summed E-state index contributed by atoms with van der Waals surface area (Å²) in [6, 6.07) is 4.80. The average molecular weight is 252 g/mol. The fourth-order valence-electron chi connectivity index (χ4n) is 1.85. The van der Waals surface area contributed by atoms with Gasteiger partial charge in [-0.1, -0.05) is 0 Å². The minimum absolute atomic E-state index is 0.561. The molecular weight excluding hydrogens is 228 g/mol. The predicted molar refractivity (Wildman–Crippen MR) is 77.8 cm³/mol. The molecule has 0 saturated carbocycles. The van der Waals surface area contributed by atoms with Crippen LogP contribution < -0.4 is 0 Å². The molecule has 0 amide bonds. The maximum Gasteiger partial charge on any atom is 0.0421 e. The Bertz CT molecular complexity index is 328. The summed E-state index contributed by atoms with van der Waals surface area (Å²) in [5, 5.41) is 0. The van der Waals surface area contributed by atoms with Crippen LogP contribution in [0.1, 0.15) is 24.6 Å². The van der Waals surface area contributed by atoms with Gasteiger partial charge in [0.05, 0.1) is 0 Å². The molecular formula is C14H24N2S. The van der Waals surface area contributed by atoms with E-state index in [1.54, 1.807) is 0 Å². The summed E-state index contributed by atoms with van der Waals surface area (Å²) in [4.78, 5) is 6.86. The second-order valence-electron chi connectivity index (χ2n) is 4.70. The molecule has 0 aromatic carbocycles. The van der Waals surface area contributed by atoms with Gasteiger partial charge in [-0.2, -0.15) is 11.8 Å². The molecule has 1 atom stereocenters. The van der Waals surface area contributed by atoms with E-state index in [4.69, 9.17) is 0 Å². The molecule has 0 fully saturated rings. The molecule has 1 heterocycles. The highest BCUT2D eigenvalue weighted by Gasteiger charge is 2.10. The molecule has 0 aliphatic carbocycles. The summed E-state index contributed by atoms with van der Waals surface area (Å²) in [5.41, 5.74) is 2.50. The molecule has 0 bridgehead atoms. The van der Waals surface area contributed by atoms with E-state index in [1.807, 2.05) is 18.0 Å². The molecule has 0 aliphatic heterocycles. The van der Waals surface area contributed by atoms with Crippen LogP contribution in [0.3, 0.4) is 0 Å². The molecule has 1 unspecified atom stereocenters. The summed E-state index contributed by atoms with van der Waals surface area (Å²) in [5.74, 6) is 1.25. The van der Waals surface area contributed by atoms with Gasteiger partial charge in [0.15, 0.2) is 0 Å². The minimum Gasteiger partial charge on any atom is -0.303 e. The fraction of sp³-hybridized carbons (Fsp3) is 0.643. The Hall–Kier alpha value is -0.540. The average Bonchev–Trinajstić information content (AvgIpc) is 2.29. The first kappa shape index (κ1) is 14.5. The first-order chi connectivity index (χ1) is 8.13. The molecule has 1 rings (SSSR count). The lowest BCUT2D eigenvalue weighted by Gasteiger charge is -2.24. The Morgan fingerprint density at radius 3 is 2.88 bits per heavy atom. The van der Waals surface area contributed by atoms with E-state index in [0.29, 0.717) is 6.04 Å². The standard InChI is InChI=1S/C14H24N2S/c1-12-6-7-15-14(10-12)11-13(2)16(3)8-5-9-17-4/h6-7,10,13H,5,8-9,11H2,1-4H3. The van der Waals surface area contributed by atoms with Crippen LogP contribution in [0.4, 0.5) is 0 Å². The zero-order valence-electron chi connectivity index (χ0n) is 11.4. The van der Waals surface area contributed by atoms with Crippen molar-refractivity contribution in [2.24, 2.45) is 0 Å². The van der Waals surface area contributed by atoms with Crippen molar-refractivity contribution in [3.63, 3.8) is 0 Å². The van der Waals surface area contributed by atoms with Crippen LogP contribution in [0.5, 0.6) is 0 Å². The number of pyridine rings is 1. The van der Waals surface area contributed by atoms with Crippen molar-refractivity contribution in [2.45, 2.75) is 32.7 Å². The maximum atomic E-state index is 4.43. The minimum atomic E-state index is 0.561. The van der Waals surface area contributed by atoms with Crippen LogP contribution >= 0.6 is 11.8 Å². The number of aryl methyl sites for hydroxylation is 1. The van der Waals surface area contributed by atoms with Crippen LogP contribution in [0.15, 0.2) is 18.3 Å². The second kappa shape index (κ2) is 7.72. The highest BCUT2D eigenvalue weighted by atomic mass is 32.2. The number of likely N-dealkylation sites (N-methyl/N-ethyl adjacent to an activating group) is 1. The molecule has 0 N–H and O–H groups in total. The summed E-state index contributed by atoms with van der Waals surface area (Å²) >= 11 is 1.92. The van der Waals surface area contributed by atoms with Gasteiger partial charge >= 0.3 is 0 Å². The molecule has 17 heavy (non-hydrogen) atoms. The molecule has 0 aliphatic rings. The van der Waals surface area contributed by atoms with Gasteiger partial charge in [0, 0.05) is 24.4 Å². The van der Waals surface area contributed by atoms with Gasteiger partial charge < -0.3 is 4.90 Å². The summed E-state index contributed by atoms with van der Waals surface area (Å²) < 4.78 is 0. The van der Waals surface area contributed by atoms with Crippen LogP contribution in [0, 0.1) is 6.92 Å². The van der Waals surface area contributed by atoms with E-state index >= 15 is 0 Å². The lowest BCUT2D eigenvalue weighted by molar-refractivity contribution is 0.256. The van der Waals surface area contributed by atoms with Crippen molar-refractivity contribution in [3.05, 3.63) is 29.6 Å². The quantitative estimate of drug-likeness (QED) is 0.694. The highest BCUT2D eigenvalue weighted by Crippen LogP contribution is 2.08. The van der Waals surface area contributed by atoms with Crippen LogP contribution in [0.2, 0.25) is 0 Å². The molecule has 0 radical (unpaired) electrons. The van der Waals surface area contributed by atoms with Gasteiger partial charge in [-0.15, -0.1) is 0 Å². The van der Waals surface area contributed by atoms with Crippen molar-refractivity contribution >= 4 is 11.8 Å². The van der Waals surface area contributed by atoms with E-state index in [-0.39, 0.29) is 0 Å². The van der Waals surface area contributed by atoms with E-state index in [1.165, 1.54) is 30.0 Å². The maximum absolute atomic E-state index is 4.43. The second-order valence-corrected chi connectivity index (χ2v) is 5.69. The Morgan fingerprint density at radius 2 is 2.24 bits per heavy atom. The van der Waals surface area contributed by atoms with Crippen LogP contribution in [-0.4, -0.2) is 41.5 Å². The molecule has 1 aromatic heterocycles. The predicted octanol–water partition coefficient (Wildman–Crippen LogP) is 3.01. The zero-order valence-corrected chi connectivity index (χ0v) is 12.3. The number of aromatic nitrogens is 1. The normalized spacial score (nSPS) is 13.0. The third kappa shape index (κ3) is 5.55. The Morgan fingerprint density at radius 1 is 1.47 bits per heavy atom. The van der Waals surface area contributed by atoms with Gasteiger partial charge in [0.25, 0.3) is 0 Å². The first-order valence-corrected chi connectivity index (χ1v) is 7.63. The van der Waals surface area contributed by atoms with Crippen LogP contribution in [0.25, 0.3) is 0 Å². The molecule has 1 aromatic rings. The van der Waals surface area contributed by atoms with Crippen molar-refractivity contribution in [1.29, 1.82) is 0 Å². The number of hydrogen-bond donors (Lipinski definition) is 0. The zero-order chi connectivity index (χ0) is 12.7. The third-order valence-electron chi connectivity index (χ3n) is 3.09. The number of hydrogen-bond acceptors (Lipinski definition) is 3. The Labute approximate surface area is 110 Å². The Kier molecular flexibility index (Phi) is 6.60. The molecule has 0 saturated heterocycles. The van der Waals surface area contributed by atoms with Gasteiger partial charge in [0.1, 0.15) is 0 Å². The van der Waals surface area contributed by atoms with Crippen molar-refractivity contribution < 1.29 is 0 Å². The molecule has 3 heteroatoms. The number of nitrogens with zero attached hydrogens (tertiary/aromatic N) is 2. The topological polar surface area (TPSA) is 16.1 Å². The van der Waals surface area contributed by atoms with E-state index in [9.17, 15) is 0 Å². The SMILES string of the molecule is CSCCCN(C)C(C)Cc1cc(C)ccn1. The number of rotatable bonds is 7. The largest absolute Gasteiger partial charge is 0.303 e. The third-order valence-corrected chi connectivity index (χ3v) is 3.79. The summed E-state index contributed by atoms with van der Waals surface area (Å²) in [7, 11) is 2.21. The van der Waals surface area contributed by atoms with E-state index in [0.717, 1.165) is 6.42 Å². The van der Waals surface area contributed by atoms with Crippen LogP contribution in [-0.2, 0) is 6.42 Å². The van der Waals surface area contributed by atoms with Crippen molar-refractivity contribution in [3.8, 4) is 0 Å². The lowest BCUT2D eigenvalue weighted by atomic mass is 10.1. The smallest absolute Gasteiger partial charge is 0.0421 e. The first-order valence-electron chi connectivity index (χ1n) is 6.24. The number of thioether (sulfide) groups is 1. The van der Waals surface area contributed by atoms with Gasteiger partial charge in [-0.25, -0.2) is 0 Å². The molecule has 0 spiro atoms. The van der Waals surface area contributed by atoms with E-state index in [2.05, 4.69) is 49.2 Å². The highest BCUT2D eigenvalue weighted by molar-refractivity contribution is 7.98. The molecule has 2 nitrogen and oxygen atoms in total. The lowest BCUT2D eigenvalue weighted by Crippen LogP contribution is -2.32. The van der Waals surface area contributed by atoms with Gasteiger partial charge in [-0.3, -0.25) is 4.98 Å². The fourth-order valence-corrected chi connectivity index (χ4v) is 2.27. The summed E-state index contributed by atoms with van der Waals surface area (Å²) in [6.07, 6.45) is 6.38. The van der Waals surface area contributed by atoms with Gasteiger partial charge in [-0.05, 0) is 63.6 Å². The van der Waals surface area contributed by atoms with Crippen molar-refractivity contribution in [2.75, 3.05) is 25.6 Å². The monoisotopic (exact) mass is 252 g/mol. The molecule has 96 valence electrons. The summed E-state index contributed by atoms with van der Waals surface area (Å²) in [6.45, 7) is 5.58. The Balaban J connectivity index is 2.39. The van der Waals surface area contributed by atoms with Crippen molar-refractivity contribution in [1.82, 2.24) is 9.88 Å².